The largest absolute Gasteiger partial charge is 0.493 e. The van der Waals surface area contributed by atoms with Gasteiger partial charge in [0.1, 0.15) is 0 Å². The smallest absolute Gasteiger partial charge is 0.203 e. The molecule has 0 fully saturated rings. The van der Waals surface area contributed by atoms with Crippen LogP contribution < -0.4 is 56.8 Å². The molecule has 0 unspecified atom stereocenters. The van der Waals surface area contributed by atoms with Crippen LogP contribution in [-0.4, -0.2) is 85.3 Å². The van der Waals surface area contributed by atoms with Crippen LogP contribution in [0.4, 0.5) is 0 Å². The van der Waals surface area contributed by atoms with E-state index in [-0.39, 0.29) is 5.92 Å². The van der Waals surface area contributed by atoms with Crippen LogP contribution in [-0.2, 0) is 70.6 Å². The minimum Gasteiger partial charge on any atom is -0.493 e. The molecule has 8 rings (SSSR count). The van der Waals surface area contributed by atoms with Crippen molar-refractivity contribution in [2.75, 3.05) is 85.3 Å². The highest BCUT2D eigenvalue weighted by Crippen LogP contribution is 2.43. The van der Waals surface area contributed by atoms with Gasteiger partial charge in [0.25, 0.3) is 0 Å². The Morgan fingerprint density at radius 3 is 0.674 bits per heavy atom. The highest BCUT2D eigenvalue weighted by Gasteiger charge is 2.26. The molecule has 0 N–H and O–H groups in total. The van der Waals surface area contributed by atoms with Crippen molar-refractivity contribution >= 4 is 0 Å². The van der Waals surface area contributed by atoms with E-state index in [0.29, 0.717) is 74.9 Å². The van der Waals surface area contributed by atoms with Gasteiger partial charge in [0, 0.05) is 0 Å². The van der Waals surface area contributed by atoms with Crippen molar-refractivity contribution in [3.8, 4) is 69.0 Å². The molecule has 0 aliphatic heterocycles. The van der Waals surface area contributed by atoms with Gasteiger partial charge in [-0.25, -0.2) is 0 Å². The van der Waals surface area contributed by atoms with E-state index in [0.717, 1.165) is 99.3 Å². The molecule has 454 valence electrons. The average molecular weight is 1170 g/mol. The molecular formula is C74H86O12. The second-order valence-electron chi connectivity index (χ2n) is 21.6. The molecule has 0 aliphatic rings. The molecule has 0 saturated heterocycles. The van der Waals surface area contributed by atoms with Gasteiger partial charge in [-0.2, -0.15) is 0 Å². The Morgan fingerprint density at radius 1 is 0.221 bits per heavy atom. The van der Waals surface area contributed by atoms with Crippen LogP contribution >= 0.6 is 0 Å². The number of hydrogen-bond donors (Lipinski definition) is 0. The van der Waals surface area contributed by atoms with Gasteiger partial charge in [-0.1, -0.05) is 97.1 Å². The molecule has 0 bridgehead atoms. The maximum Gasteiger partial charge on any atom is 0.203 e. The van der Waals surface area contributed by atoms with Crippen LogP contribution in [0.3, 0.4) is 0 Å². The molecule has 12 nitrogen and oxygen atoms in total. The summed E-state index contributed by atoms with van der Waals surface area (Å²) in [7, 11) is 19.8. The molecule has 0 aliphatic carbocycles. The lowest BCUT2D eigenvalue weighted by molar-refractivity contribution is 0.324. The van der Waals surface area contributed by atoms with E-state index in [1.54, 1.807) is 85.3 Å². The molecular weight excluding hydrogens is 1080 g/mol. The molecule has 12 heteroatoms. The molecule has 0 aromatic heterocycles. The highest BCUT2D eigenvalue weighted by molar-refractivity contribution is 5.57. The first-order valence-electron chi connectivity index (χ1n) is 29.5. The molecule has 0 spiro atoms. The SMILES string of the molecule is COc1cc(CCc2ccc(CC[C@H](Cc3ccc(CCc4cc(OC)c(OC)c(OC)c4)cc3)[C@@H](Cc3ccc(CCc4cc(OC)c(OC)c(OC)c4)cc3)c3ccc(CCc4cc(OC)c(OC)c(OC)c4)cc3)cc2)cc(OC)c1OC. The fourth-order valence-electron chi connectivity index (χ4n) is 11.7. The molecule has 8 aromatic carbocycles. The van der Waals surface area contributed by atoms with E-state index < -0.39 is 0 Å². The van der Waals surface area contributed by atoms with E-state index in [2.05, 4.69) is 97.1 Å². The van der Waals surface area contributed by atoms with Crippen LogP contribution in [0.15, 0.2) is 146 Å². The monoisotopic (exact) mass is 1170 g/mol. The predicted octanol–water partition coefficient (Wildman–Crippen LogP) is 14.7. The number of aryl methyl sites for hydroxylation is 9. The Morgan fingerprint density at radius 2 is 0.430 bits per heavy atom. The first-order chi connectivity index (χ1) is 42.0. The Labute approximate surface area is 510 Å². The second-order valence-corrected chi connectivity index (χ2v) is 21.6. The van der Waals surface area contributed by atoms with E-state index in [4.69, 9.17) is 56.8 Å². The van der Waals surface area contributed by atoms with E-state index >= 15 is 0 Å². The molecule has 0 amide bonds. The van der Waals surface area contributed by atoms with Gasteiger partial charge in [0.05, 0.1) is 85.3 Å². The zero-order valence-electron chi connectivity index (χ0n) is 52.4. The average Bonchev–Trinajstić information content (AvgIpc) is 3.23. The Kier molecular flexibility index (Phi) is 23.2. The standard InChI is InChI=1S/C74H86O12/c1-75-63-41-56(42-64(76-2)71(63)83-9)29-21-49-13-15-52(16-14-49)35-38-61(39-54-25-17-50(18-26-54)22-30-57-43-65(77-3)72(84-10)66(44-57)78-4)62(60-36-33-53(34-37-60)24-32-59-47-69(81-7)74(86-12)70(48-59)82-8)40-55-27-19-51(20-28-55)23-31-58-45-67(79-5)73(85-11)68(46-58)80-6/h13-20,25-28,33-34,36-37,41-48,61-62H,21-24,29-32,35,38-40H2,1-12H3/t61-,62+/m1/s1. The quantitative estimate of drug-likeness (QED) is 0.0390. The van der Waals surface area contributed by atoms with Crippen LogP contribution in [0, 0.1) is 5.92 Å². The highest BCUT2D eigenvalue weighted by atomic mass is 16.5. The molecule has 86 heavy (non-hydrogen) atoms. The molecule has 8 aromatic rings. The van der Waals surface area contributed by atoms with Crippen molar-refractivity contribution in [2.24, 2.45) is 5.92 Å². The summed E-state index contributed by atoms with van der Waals surface area (Å²) in [5, 5.41) is 0. The van der Waals surface area contributed by atoms with Crippen molar-refractivity contribution in [3.05, 3.63) is 212 Å². The topological polar surface area (TPSA) is 111 Å². The van der Waals surface area contributed by atoms with Gasteiger partial charge in [-0.05, 0) is 204 Å². The first-order valence-corrected chi connectivity index (χ1v) is 29.5. The first kappa shape index (κ1) is 63.4. The third-order valence-corrected chi connectivity index (χ3v) is 16.5. The minimum atomic E-state index is 0.210. The van der Waals surface area contributed by atoms with Crippen molar-refractivity contribution in [1.82, 2.24) is 0 Å². The summed E-state index contributed by atoms with van der Waals surface area (Å²) in [4.78, 5) is 0. The minimum absolute atomic E-state index is 0.210. The fraction of sp³-hybridized carbons (Fsp3) is 0.351. The second kappa shape index (κ2) is 31.5. The lowest BCUT2D eigenvalue weighted by atomic mass is 9.75. The normalized spacial score (nSPS) is 11.7. The van der Waals surface area contributed by atoms with E-state index in [9.17, 15) is 0 Å². The van der Waals surface area contributed by atoms with Crippen molar-refractivity contribution in [1.29, 1.82) is 0 Å². The van der Waals surface area contributed by atoms with Gasteiger partial charge >= 0.3 is 0 Å². The summed E-state index contributed by atoms with van der Waals surface area (Å²) in [6.07, 6.45) is 10.5. The predicted molar refractivity (Wildman–Crippen MR) is 342 cm³/mol. The van der Waals surface area contributed by atoms with Crippen molar-refractivity contribution in [3.63, 3.8) is 0 Å². The summed E-state index contributed by atoms with van der Waals surface area (Å²) in [6, 6.07) is 53.5. The zero-order chi connectivity index (χ0) is 61.0. The Bertz CT molecular complexity index is 3310. The summed E-state index contributed by atoms with van der Waals surface area (Å²) in [5.41, 5.74) is 14.9. The number of rotatable bonds is 33. The van der Waals surface area contributed by atoms with Gasteiger partial charge in [-0.3, -0.25) is 0 Å². The van der Waals surface area contributed by atoms with E-state index in [1.165, 1.54) is 44.5 Å². The van der Waals surface area contributed by atoms with Crippen LogP contribution in [0.1, 0.15) is 79.1 Å². The van der Waals surface area contributed by atoms with E-state index in [1.807, 2.05) is 48.5 Å². The van der Waals surface area contributed by atoms with Crippen LogP contribution in [0.25, 0.3) is 0 Å². The number of methoxy groups -OCH3 is 12. The summed E-state index contributed by atoms with van der Waals surface area (Å²) in [6.45, 7) is 0. The summed E-state index contributed by atoms with van der Waals surface area (Å²) >= 11 is 0. The number of ether oxygens (including phenoxy) is 12. The lowest BCUT2D eigenvalue weighted by Gasteiger charge is -2.29. The summed E-state index contributed by atoms with van der Waals surface area (Å²) in [5.74, 6) is 8.19. The molecule has 0 heterocycles. The number of hydrogen-bond acceptors (Lipinski definition) is 12. The lowest BCUT2D eigenvalue weighted by Crippen LogP contribution is -2.19. The number of benzene rings is 8. The maximum atomic E-state index is 5.70. The van der Waals surface area contributed by atoms with Gasteiger partial charge < -0.3 is 56.8 Å². The summed E-state index contributed by atoms with van der Waals surface area (Å²) < 4.78 is 67.8. The third kappa shape index (κ3) is 16.2. The molecule has 0 radical (unpaired) electrons. The van der Waals surface area contributed by atoms with Crippen LogP contribution in [0.2, 0.25) is 0 Å². The molecule has 2 atom stereocenters. The fourth-order valence-corrected chi connectivity index (χ4v) is 11.7. The Hall–Kier alpha value is -8.64. The van der Waals surface area contributed by atoms with Crippen LogP contribution in [0.5, 0.6) is 69.0 Å². The molecule has 0 saturated carbocycles. The van der Waals surface area contributed by atoms with Crippen molar-refractivity contribution < 1.29 is 56.8 Å². The Balaban J connectivity index is 1.08. The van der Waals surface area contributed by atoms with Gasteiger partial charge in [0.2, 0.25) is 23.0 Å². The van der Waals surface area contributed by atoms with Crippen molar-refractivity contribution in [2.45, 2.75) is 83.0 Å². The maximum absolute atomic E-state index is 5.70. The van der Waals surface area contributed by atoms with Gasteiger partial charge in [-0.15, -0.1) is 0 Å². The third-order valence-electron chi connectivity index (χ3n) is 16.5. The van der Waals surface area contributed by atoms with Gasteiger partial charge in [0.15, 0.2) is 46.0 Å². The zero-order valence-corrected chi connectivity index (χ0v) is 52.4.